The van der Waals surface area contributed by atoms with Crippen LogP contribution in [-0.4, -0.2) is 21.7 Å². The minimum atomic E-state index is -0.148. The fourth-order valence-electron chi connectivity index (χ4n) is 3.57. The van der Waals surface area contributed by atoms with E-state index in [1.807, 2.05) is 54.6 Å². The lowest BCUT2D eigenvalue weighted by Crippen LogP contribution is -2.22. The minimum Gasteiger partial charge on any atom is -0.295 e. The van der Waals surface area contributed by atoms with Gasteiger partial charge in [-0.3, -0.25) is 14.9 Å². The Labute approximate surface area is 174 Å². The summed E-state index contributed by atoms with van der Waals surface area (Å²) in [6, 6.07) is 17.4. The van der Waals surface area contributed by atoms with Crippen LogP contribution >= 0.6 is 11.6 Å². The van der Waals surface area contributed by atoms with Crippen LogP contribution < -0.4 is 5.32 Å². The second-order valence-corrected chi connectivity index (χ2v) is 7.60. The molecule has 0 radical (unpaired) electrons. The Bertz CT molecular complexity index is 1040. The summed E-state index contributed by atoms with van der Waals surface area (Å²) in [6.07, 6.45) is 3.56. The fraction of sp³-hybridized carbons (Fsp3) is 0.217. The topological polar surface area (TPSA) is 72.0 Å². The number of fused-ring (bicyclic) bond motifs is 1. The predicted octanol–water partition coefficient (Wildman–Crippen LogP) is 4.61. The van der Waals surface area contributed by atoms with E-state index in [1.54, 1.807) is 0 Å². The Hall–Kier alpha value is -3.05. The molecule has 0 saturated carbocycles. The molecule has 5 nitrogen and oxygen atoms in total. The van der Waals surface area contributed by atoms with Gasteiger partial charge in [-0.05, 0) is 42.0 Å². The zero-order chi connectivity index (χ0) is 20.2. The molecule has 1 aliphatic rings. The molecule has 146 valence electrons. The van der Waals surface area contributed by atoms with Gasteiger partial charge in [-0.1, -0.05) is 54.1 Å². The zero-order valence-corrected chi connectivity index (χ0v) is 16.5. The smallest absolute Gasteiger partial charge is 0.229 e. The largest absolute Gasteiger partial charge is 0.295 e. The number of aromatic nitrogens is 2. The van der Waals surface area contributed by atoms with E-state index >= 15 is 0 Å². The van der Waals surface area contributed by atoms with Crippen molar-refractivity contribution >= 4 is 29.2 Å². The highest BCUT2D eigenvalue weighted by Crippen LogP contribution is 2.32. The van der Waals surface area contributed by atoms with E-state index in [0.29, 0.717) is 42.0 Å². The number of aryl methyl sites for hydroxylation is 1. The van der Waals surface area contributed by atoms with Gasteiger partial charge in [-0.2, -0.15) is 0 Å². The van der Waals surface area contributed by atoms with E-state index < -0.39 is 0 Å². The molecule has 1 aliphatic carbocycles. The van der Waals surface area contributed by atoms with Gasteiger partial charge in [-0.25, -0.2) is 9.97 Å². The number of rotatable bonds is 5. The van der Waals surface area contributed by atoms with Crippen LogP contribution in [0.25, 0.3) is 0 Å². The number of hydrogen-bond acceptors (Lipinski definition) is 4. The molecular weight excluding hydrogens is 386 g/mol. The molecule has 1 aromatic heterocycles. The summed E-state index contributed by atoms with van der Waals surface area (Å²) in [4.78, 5) is 33.4. The van der Waals surface area contributed by atoms with Crippen LogP contribution in [0.5, 0.6) is 0 Å². The Morgan fingerprint density at radius 3 is 2.59 bits per heavy atom. The van der Waals surface area contributed by atoms with Crippen LogP contribution in [-0.2, 0) is 17.6 Å². The quantitative estimate of drug-likeness (QED) is 0.672. The second kappa shape index (κ2) is 8.53. The van der Waals surface area contributed by atoms with Crippen molar-refractivity contribution in [1.29, 1.82) is 0 Å². The Morgan fingerprint density at radius 2 is 1.83 bits per heavy atom. The maximum Gasteiger partial charge on any atom is 0.229 e. The van der Waals surface area contributed by atoms with Crippen molar-refractivity contribution in [3.63, 3.8) is 0 Å². The summed E-state index contributed by atoms with van der Waals surface area (Å²) in [6.45, 7) is 0. The number of ketones is 1. The molecule has 1 atom stereocenters. The van der Waals surface area contributed by atoms with Crippen LogP contribution in [0.3, 0.4) is 0 Å². The maximum atomic E-state index is 12.5. The molecule has 29 heavy (non-hydrogen) atoms. The van der Waals surface area contributed by atoms with Gasteiger partial charge in [0.15, 0.2) is 5.78 Å². The van der Waals surface area contributed by atoms with E-state index in [9.17, 15) is 9.59 Å². The Morgan fingerprint density at radius 1 is 1.07 bits per heavy atom. The van der Waals surface area contributed by atoms with Crippen molar-refractivity contribution in [2.45, 2.75) is 31.6 Å². The number of nitrogens with one attached hydrogen (secondary N) is 1. The first-order valence-corrected chi connectivity index (χ1v) is 9.94. The lowest BCUT2D eigenvalue weighted by Gasteiger charge is -2.23. The Kier molecular flexibility index (Phi) is 5.67. The highest BCUT2D eigenvalue weighted by molar-refractivity contribution is 6.30. The number of hydrogen-bond donors (Lipinski definition) is 1. The number of amides is 1. The summed E-state index contributed by atoms with van der Waals surface area (Å²) >= 11 is 5.97. The van der Waals surface area contributed by atoms with Gasteiger partial charge in [0.05, 0.1) is 11.3 Å². The highest BCUT2D eigenvalue weighted by Gasteiger charge is 2.28. The van der Waals surface area contributed by atoms with Crippen molar-refractivity contribution in [3.05, 3.63) is 88.2 Å². The van der Waals surface area contributed by atoms with E-state index in [4.69, 9.17) is 11.6 Å². The van der Waals surface area contributed by atoms with Gasteiger partial charge < -0.3 is 0 Å². The lowest BCUT2D eigenvalue weighted by molar-refractivity contribution is -0.116. The van der Waals surface area contributed by atoms with E-state index in [-0.39, 0.29) is 23.6 Å². The molecule has 6 heteroatoms. The Balaban J connectivity index is 1.45. The van der Waals surface area contributed by atoms with Gasteiger partial charge in [0, 0.05) is 24.1 Å². The van der Waals surface area contributed by atoms with Crippen molar-refractivity contribution in [3.8, 4) is 0 Å². The third kappa shape index (κ3) is 4.69. The van der Waals surface area contributed by atoms with Crippen LogP contribution in [0.15, 0.2) is 60.8 Å². The summed E-state index contributed by atoms with van der Waals surface area (Å²) in [5.74, 6) is 0.161. The van der Waals surface area contributed by atoms with Gasteiger partial charge in [0.25, 0.3) is 0 Å². The van der Waals surface area contributed by atoms with Crippen LogP contribution in [0.4, 0.5) is 5.95 Å². The normalized spacial score (nSPS) is 15.6. The molecule has 1 heterocycles. The van der Waals surface area contributed by atoms with Crippen molar-refractivity contribution < 1.29 is 9.59 Å². The number of carbonyl (C=O) groups is 2. The molecule has 0 saturated heterocycles. The number of nitrogens with zero attached hydrogens (tertiary/aromatic N) is 2. The molecular formula is C23H20ClN3O2. The first kappa shape index (κ1) is 19.3. The second-order valence-electron chi connectivity index (χ2n) is 7.17. The maximum absolute atomic E-state index is 12.5. The zero-order valence-electron chi connectivity index (χ0n) is 15.8. The van der Waals surface area contributed by atoms with E-state index in [1.165, 1.54) is 6.20 Å². The summed E-state index contributed by atoms with van der Waals surface area (Å²) in [7, 11) is 0. The van der Waals surface area contributed by atoms with E-state index in [2.05, 4.69) is 15.3 Å². The minimum absolute atomic E-state index is 0.0214. The molecule has 3 aromatic rings. The first-order valence-electron chi connectivity index (χ1n) is 9.57. The standard InChI is InChI=1S/C23H20ClN3O2/c24-18-9-7-16(8-10-18)17-12-20-19(21(28)13-17)14-25-23(26-20)27-22(29)11-6-15-4-2-1-3-5-15/h1-5,7-10,14,17H,6,11-13H2,(H,25,26,27,29)/t17-/m0/s1. The molecule has 0 aliphatic heterocycles. The molecule has 0 fully saturated rings. The molecule has 1 amide bonds. The average Bonchev–Trinajstić information content (AvgIpc) is 2.73. The van der Waals surface area contributed by atoms with Crippen molar-refractivity contribution in [2.75, 3.05) is 5.32 Å². The van der Waals surface area contributed by atoms with E-state index in [0.717, 1.165) is 11.1 Å². The van der Waals surface area contributed by atoms with Gasteiger partial charge in [0.2, 0.25) is 11.9 Å². The van der Waals surface area contributed by atoms with Crippen LogP contribution in [0, 0.1) is 0 Å². The predicted molar refractivity (Wildman–Crippen MR) is 112 cm³/mol. The number of anilines is 1. The lowest BCUT2D eigenvalue weighted by atomic mass is 9.82. The molecule has 0 bridgehead atoms. The van der Waals surface area contributed by atoms with Gasteiger partial charge >= 0.3 is 0 Å². The summed E-state index contributed by atoms with van der Waals surface area (Å²) in [5.41, 5.74) is 3.37. The SMILES string of the molecule is O=C(CCc1ccccc1)Nc1ncc2c(n1)C[C@H](c1ccc(Cl)cc1)CC2=O. The number of halogens is 1. The highest BCUT2D eigenvalue weighted by atomic mass is 35.5. The fourth-order valence-corrected chi connectivity index (χ4v) is 3.69. The number of carbonyl (C=O) groups excluding carboxylic acids is 2. The molecule has 0 spiro atoms. The van der Waals surface area contributed by atoms with Crippen LogP contribution in [0.1, 0.15) is 45.9 Å². The van der Waals surface area contributed by atoms with Crippen molar-refractivity contribution in [2.24, 2.45) is 0 Å². The van der Waals surface area contributed by atoms with Crippen molar-refractivity contribution in [1.82, 2.24) is 9.97 Å². The third-order valence-electron chi connectivity index (χ3n) is 5.12. The molecule has 1 N–H and O–H groups in total. The first-order chi connectivity index (χ1) is 14.1. The summed E-state index contributed by atoms with van der Waals surface area (Å²) < 4.78 is 0. The average molecular weight is 406 g/mol. The van der Waals surface area contributed by atoms with Crippen LogP contribution in [0.2, 0.25) is 5.02 Å². The summed E-state index contributed by atoms with van der Waals surface area (Å²) in [5, 5.41) is 3.42. The number of benzene rings is 2. The molecule has 2 aromatic carbocycles. The number of Topliss-reactive ketones (excluding diaryl/α,β-unsaturated/α-hetero) is 1. The van der Waals surface area contributed by atoms with Gasteiger partial charge in [-0.15, -0.1) is 0 Å². The monoisotopic (exact) mass is 405 g/mol. The third-order valence-corrected chi connectivity index (χ3v) is 5.37. The molecule has 0 unspecified atom stereocenters. The van der Waals surface area contributed by atoms with Gasteiger partial charge in [0.1, 0.15) is 0 Å². The molecule has 4 rings (SSSR count).